The fraction of sp³-hybridized carbons (Fsp3) is 0.400. The lowest BCUT2D eigenvalue weighted by Gasteiger charge is -2.32. The molecule has 25 heavy (non-hydrogen) atoms. The quantitative estimate of drug-likeness (QED) is 0.921. The van der Waals surface area contributed by atoms with E-state index in [-0.39, 0.29) is 5.91 Å². The molecule has 0 atom stereocenters. The second kappa shape index (κ2) is 7.13. The number of carboxylic acid groups (broad SMARTS) is 1. The maximum atomic E-state index is 12.6. The number of nitrogens with zero attached hydrogens (tertiary/aromatic N) is 1. The summed E-state index contributed by atoms with van der Waals surface area (Å²) in [4.78, 5) is 25.8. The molecular formula is C20H23NO4. The Morgan fingerprint density at radius 3 is 2.48 bits per heavy atom. The second-order valence-electron chi connectivity index (χ2n) is 6.77. The molecule has 1 amide bonds. The zero-order chi connectivity index (χ0) is 18.0. The van der Waals surface area contributed by atoms with Crippen LogP contribution in [0.2, 0.25) is 0 Å². The van der Waals surface area contributed by atoms with E-state index >= 15 is 0 Å². The SMILES string of the molecule is Cc1cc(C)c(C(=O)N2CCC(Cc3ccccc3C(=O)O)CC2)o1. The van der Waals surface area contributed by atoms with Crippen LogP contribution in [0.15, 0.2) is 34.7 Å². The van der Waals surface area contributed by atoms with Crippen LogP contribution in [0.4, 0.5) is 0 Å². The van der Waals surface area contributed by atoms with Crippen LogP contribution in [0.5, 0.6) is 0 Å². The van der Waals surface area contributed by atoms with E-state index in [0.717, 1.165) is 36.1 Å². The fourth-order valence-corrected chi connectivity index (χ4v) is 3.56. The average molecular weight is 341 g/mol. The predicted molar refractivity (Wildman–Crippen MR) is 93.9 cm³/mol. The Hall–Kier alpha value is -2.56. The summed E-state index contributed by atoms with van der Waals surface area (Å²) >= 11 is 0. The highest BCUT2D eigenvalue weighted by Gasteiger charge is 2.27. The Kier molecular flexibility index (Phi) is 4.93. The molecule has 0 bridgehead atoms. The van der Waals surface area contributed by atoms with Gasteiger partial charge in [-0.3, -0.25) is 4.79 Å². The Morgan fingerprint density at radius 2 is 1.88 bits per heavy atom. The van der Waals surface area contributed by atoms with Gasteiger partial charge in [0.2, 0.25) is 0 Å². The molecule has 0 unspecified atom stereocenters. The Morgan fingerprint density at radius 1 is 1.20 bits per heavy atom. The number of benzene rings is 1. The minimum atomic E-state index is -0.883. The van der Waals surface area contributed by atoms with Gasteiger partial charge in [0.05, 0.1) is 5.56 Å². The maximum Gasteiger partial charge on any atom is 0.335 e. The van der Waals surface area contributed by atoms with E-state index in [1.54, 1.807) is 12.1 Å². The number of amides is 1. The maximum absolute atomic E-state index is 12.6. The normalized spacial score (nSPS) is 15.4. The van der Waals surface area contributed by atoms with Gasteiger partial charge >= 0.3 is 5.97 Å². The highest BCUT2D eigenvalue weighted by Crippen LogP contribution is 2.25. The van der Waals surface area contributed by atoms with Gasteiger partial charge in [0.25, 0.3) is 5.91 Å². The van der Waals surface area contributed by atoms with Crippen molar-refractivity contribution in [1.82, 2.24) is 4.90 Å². The zero-order valence-electron chi connectivity index (χ0n) is 14.6. The Bertz CT molecular complexity index is 785. The molecule has 1 aliphatic heterocycles. The molecule has 0 aliphatic carbocycles. The minimum absolute atomic E-state index is 0.0463. The molecule has 3 rings (SSSR count). The van der Waals surface area contributed by atoms with Crippen molar-refractivity contribution in [1.29, 1.82) is 0 Å². The number of aromatic carboxylic acids is 1. The van der Waals surface area contributed by atoms with Gasteiger partial charge in [0, 0.05) is 18.7 Å². The fourth-order valence-electron chi connectivity index (χ4n) is 3.56. The molecule has 0 saturated carbocycles. The summed E-state index contributed by atoms with van der Waals surface area (Å²) < 4.78 is 5.54. The summed E-state index contributed by atoms with van der Waals surface area (Å²) in [5.74, 6) is 0.652. The number of likely N-dealkylation sites (tertiary alicyclic amines) is 1. The van der Waals surface area contributed by atoms with E-state index < -0.39 is 5.97 Å². The van der Waals surface area contributed by atoms with E-state index in [1.807, 2.05) is 36.9 Å². The highest BCUT2D eigenvalue weighted by molar-refractivity contribution is 5.93. The van der Waals surface area contributed by atoms with E-state index in [1.165, 1.54) is 0 Å². The molecule has 1 aromatic heterocycles. The summed E-state index contributed by atoms with van der Waals surface area (Å²) in [6, 6.07) is 9.04. The van der Waals surface area contributed by atoms with Crippen LogP contribution in [-0.4, -0.2) is 35.0 Å². The topological polar surface area (TPSA) is 70.8 Å². The van der Waals surface area contributed by atoms with Crippen LogP contribution in [0.3, 0.4) is 0 Å². The van der Waals surface area contributed by atoms with Crippen molar-refractivity contribution in [3.63, 3.8) is 0 Å². The molecule has 2 heterocycles. The number of rotatable bonds is 4. The van der Waals surface area contributed by atoms with E-state index in [4.69, 9.17) is 4.42 Å². The molecule has 132 valence electrons. The summed E-state index contributed by atoms with van der Waals surface area (Å²) in [7, 11) is 0. The van der Waals surface area contributed by atoms with Crippen LogP contribution in [-0.2, 0) is 6.42 Å². The Balaban J connectivity index is 1.62. The highest BCUT2D eigenvalue weighted by atomic mass is 16.4. The van der Waals surface area contributed by atoms with Crippen molar-refractivity contribution in [2.24, 2.45) is 5.92 Å². The molecule has 0 spiro atoms. The van der Waals surface area contributed by atoms with Gasteiger partial charge in [0.1, 0.15) is 5.76 Å². The van der Waals surface area contributed by atoms with Crippen LogP contribution in [0.25, 0.3) is 0 Å². The first-order valence-electron chi connectivity index (χ1n) is 8.63. The molecular weight excluding hydrogens is 318 g/mol. The van der Waals surface area contributed by atoms with Crippen molar-refractivity contribution in [3.05, 3.63) is 58.5 Å². The van der Waals surface area contributed by atoms with E-state index in [9.17, 15) is 14.7 Å². The number of furan rings is 1. The van der Waals surface area contributed by atoms with Crippen molar-refractivity contribution < 1.29 is 19.1 Å². The number of carbonyl (C=O) groups is 2. The summed E-state index contributed by atoms with van der Waals surface area (Å²) in [6.45, 7) is 5.09. The van der Waals surface area contributed by atoms with Crippen LogP contribution in [0.1, 0.15) is 50.6 Å². The first-order valence-corrected chi connectivity index (χ1v) is 8.63. The van der Waals surface area contributed by atoms with Gasteiger partial charge in [0.15, 0.2) is 5.76 Å². The smallest absolute Gasteiger partial charge is 0.335 e. The molecule has 1 N–H and O–H groups in total. The van der Waals surface area contributed by atoms with Crippen molar-refractivity contribution >= 4 is 11.9 Å². The number of aryl methyl sites for hydroxylation is 2. The van der Waals surface area contributed by atoms with Gasteiger partial charge in [-0.15, -0.1) is 0 Å². The largest absolute Gasteiger partial charge is 0.478 e. The number of carboxylic acids is 1. The molecule has 5 nitrogen and oxygen atoms in total. The Labute approximate surface area is 147 Å². The third-order valence-electron chi connectivity index (χ3n) is 4.89. The molecule has 0 radical (unpaired) electrons. The van der Waals surface area contributed by atoms with Gasteiger partial charge in [-0.25, -0.2) is 4.79 Å². The third-order valence-corrected chi connectivity index (χ3v) is 4.89. The standard InChI is InChI=1S/C20H23NO4/c1-13-11-14(2)25-18(13)19(22)21-9-7-15(8-10-21)12-16-5-3-4-6-17(16)20(23)24/h3-6,11,15H,7-10,12H2,1-2H3,(H,23,24). The predicted octanol–water partition coefficient (Wildman–Crippen LogP) is 3.69. The average Bonchev–Trinajstić information content (AvgIpc) is 2.93. The van der Waals surface area contributed by atoms with E-state index in [2.05, 4.69) is 0 Å². The lowest BCUT2D eigenvalue weighted by atomic mass is 9.88. The minimum Gasteiger partial charge on any atom is -0.478 e. The molecule has 1 aromatic carbocycles. The van der Waals surface area contributed by atoms with Crippen molar-refractivity contribution in [2.75, 3.05) is 13.1 Å². The lowest BCUT2D eigenvalue weighted by molar-refractivity contribution is 0.0656. The lowest BCUT2D eigenvalue weighted by Crippen LogP contribution is -2.39. The summed E-state index contributed by atoms with van der Waals surface area (Å²) in [5.41, 5.74) is 2.12. The zero-order valence-corrected chi connectivity index (χ0v) is 14.6. The van der Waals surface area contributed by atoms with Gasteiger partial charge in [-0.05, 0) is 56.7 Å². The van der Waals surface area contributed by atoms with Crippen molar-refractivity contribution in [2.45, 2.75) is 33.1 Å². The molecule has 1 saturated heterocycles. The number of hydrogen-bond donors (Lipinski definition) is 1. The molecule has 1 aliphatic rings. The monoisotopic (exact) mass is 341 g/mol. The van der Waals surface area contributed by atoms with Crippen LogP contribution in [0, 0.1) is 19.8 Å². The third kappa shape index (κ3) is 3.76. The van der Waals surface area contributed by atoms with Crippen molar-refractivity contribution in [3.8, 4) is 0 Å². The molecule has 1 fully saturated rings. The van der Waals surface area contributed by atoms with Crippen LogP contribution < -0.4 is 0 Å². The number of hydrogen-bond acceptors (Lipinski definition) is 3. The van der Waals surface area contributed by atoms with E-state index in [0.29, 0.717) is 30.3 Å². The molecule has 5 heteroatoms. The molecule has 2 aromatic rings. The first-order chi connectivity index (χ1) is 12.0. The number of piperidine rings is 1. The first kappa shape index (κ1) is 17.3. The van der Waals surface area contributed by atoms with Gasteiger partial charge < -0.3 is 14.4 Å². The van der Waals surface area contributed by atoms with Crippen LogP contribution >= 0.6 is 0 Å². The summed E-state index contributed by atoms with van der Waals surface area (Å²) in [5, 5.41) is 9.30. The number of carbonyl (C=O) groups excluding carboxylic acids is 1. The second-order valence-corrected chi connectivity index (χ2v) is 6.77. The van der Waals surface area contributed by atoms with Gasteiger partial charge in [-0.2, -0.15) is 0 Å². The summed E-state index contributed by atoms with van der Waals surface area (Å²) in [6.07, 6.45) is 2.49. The van der Waals surface area contributed by atoms with Gasteiger partial charge in [-0.1, -0.05) is 18.2 Å².